The van der Waals surface area contributed by atoms with E-state index in [-0.39, 0.29) is 0 Å². The van der Waals surface area contributed by atoms with Crippen LogP contribution in [0.3, 0.4) is 0 Å². The maximum Gasteiger partial charge on any atom is 0.415 e. The molecule has 0 saturated heterocycles. The van der Waals surface area contributed by atoms with Gasteiger partial charge in [0, 0.05) is 27.6 Å². The molecule has 1 aromatic rings. The van der Waals surface area contributed by atoms with Crippen molar-refractivity contribution >= 4 is 17.4 Å². The van der Waals surface area contributed by atoms with Gasteiger partial charge in [0.2, 0.25) is 0 Å². The van der Waals surface area contributed by atoms with Crippen LogP contribution in [0.2, 0.25) is 0 Å². The molecule has 0 aliphatic carbocycles. The standard InChI is InChI=1S/C17H18F3NS/c1-4-11-21-13(3)15(10-9-12(2)17(18,19)20)22-16-8-6-5-7-14(16)21/h5-10H,2,4,11H2,1,3H3/b10-9-. The Balaban J connectivity index is 2.34. The van der Waals surface area contributed by atoms with Gasteiger partial charge in [0.05, 0.1) is 5.69 Å². The van der Waals surface area contributed by atoms with Gasteiger partial charge in [-0.05, 0) is 37.6 Å². The predicted octanol–water partition coefficient (Wildman–Crippen LogP) is 5.91. The van der Waals surface area contributed by atoms with Gasteiger partial charge < -0.3 is 4.90 Å². The second-order valence-electron chi connectivity index (χ2n) is 5.03. The fraction of sp³-hybridized carbons (Fsp3) is 0.294. The summed E-state index contributed by atoms with van der Waals surface area (Å²) >= 11 is 1.49. The van der Waals surface area contributed by atoms with Crippen LogP contribution in [-0.4, -0.2) is 12.7 Å². The van der Waals surface area contributed by atoms with Gasteiger partial charge >= 0.3 is 6.18 Å². The van der Waals surface area contributed by atoms with Crippen LogP contribution in [0.1, 0.15) is 20.3 Å². The second kappa shape index (κ2) is 6.65. The highest BCUT2D eigenvalue weighted by atomic mass is 32.2. The molecule has 1 heterocycles. The lowest BCUT2D eigenvalue weighted by atomic mass is 10.2. The monoisotopic (exact) mass is 325 g/mol. The third kappa shape index (κ3) is 3.58. The fourth-order valence-electron chi connectivity index (χ4n) is 2.21. The highest BCUT2D eigenvalue weighted by Gasteiger charge is 2.30. The first-order valence-electron chi connectivity index (χ1n) is 7.04. The van der Waals surface area contributed by atoms with Crippen LogP contribution in [0.25, 0.3) is 0 Å². The number of thioether (sulfide) groups is 1. The highest BCUT2D eigenvalue weighted by molar-refractivity contribution is 8.03. The quantitative estimate of drug-likeness (QED) is 0.633. The first kappa shape index (κ1) is 16.7. The van der Waals surface area contributed by atoms with Crippen molar-refractivity contribution in [1.82, 2.24) is 0 Å². The van der Waals surface area contributed by atoms with Gasteiger partial charge in [-0.1, -0.05) is 37.4 Å². The number of fused-ring (bicyclic) bond motifs is 1. The molecule has 0 N–H and O–H groups in total. The Morgan fingerprint density at radius 1 is 1.32 bits per heavy atom. The SMILES string of the molecule is C=C(/C=C\C1=C(C)N(CCC)c2ccccc2S1)C(F)(F)F. The molecule has 118 valence electrons. The number of rotatable bonds is 4. The van der Waals surface area contributed by atoms with Crippen molar-refractivity contribution in [2.45, 2.75) is 31.3 Å². The molecule has 0 spiro atoms. The van der Waals surface area contributed by atoms with Crippen molar-refractivity contribution in [2.75, 3.05) is 11.4 Å². The van der Waals surface area contributed by atoms with Crippen molar-refractivity contribution in [2.24, 2.45) is 0 Å². The van der Waals surface area contributed by atoms with Gasteiger partial charge in [0.15, 0.2) is 0 Å². The topological polar surface area (TPSA) is 3.24 Å². The summed E-state index contributed by atoms with van der Waals surface area (Å²) in [7, 11) is 0. The van der Waals surface area contributed by atoms with Gasteiger partial charge in [0.25, 0.3) is 0 Å². The van der Waals surface area contributed by atoms with Crippen LogP contribution in [0, 0.1) is 0 Å². The van der Waals surface area contributed by atoms with Crippen molar-refractivity contribution in [1.29, 1.82) is 0 Å². The van der Waals surface area contributed by atoms with Crippen molar-refractivity contribution in [3.05, 3.63) is 59.2 Å². The number of para-hydroxylation sites is 1. The number of benzene rings is 1. The molecule has 1 aromatic carbocycles. The first-order valence-corrected chi connectivity index (χ1v) is 7.85. The minimum atomic E-state index is -4.38. The number of allylic oxidation sites excluding steroid dienone is 4. The molecule has 0 aromatic heterocycles. The minimum Gasteiger partial charge on any atom is -0.343 e. The molecular formula is C17H18F3NS. The average Bonchev–Trinajstić information content (AvgIpc) is 2.47. The molecule has 1 nitrogen and oxygen atoms in total. The number of hydrogen-bond acceptors (Lipinski definition) is 2. The van der Waals surface area contributed by atoms with Crippen LogP contribution in [0.4, 0.5) is 18.9 Å². The van der Waals surface area contributed by atoms with Crippen molar-refractivity contribution < 1.29 is 13.2 Å². The van der Waals surface area contributed by atoms with E-state index in [1.807, 2.05) is 31.2 Å². The maximum absolute atomic E-state index is 12.6. The zero-order valence-corrected chi connectivity index (χ0v) is 13.4. The molecule has 0 atom stereocenters. The normalized spacial score (nSPS) is 15.4. The summed E-state index contributed by atoms with van der Waals surface area (Å²) in [6.07, 6.45) is -0.869. The lowest BCUT2D eigenvalue weighted by Gasteiger charge is -2.32. The third-order valence-electron chi connectivity index (χ3n) is 3.38. The summed E-state index contributed by atoms with van der Waals surface area (Å²) in [4.78, 5) is 4.03. The summed E-state index contributed by atoms with van der Waals surface area (Å²) in [5.41, 5.74) is 1.24. The molecule has 0 saturated carbocycles. The summed E-state index contributed by atoms with van der Waals surface area (Å²) in [5, 5.41) is 0. The Morgan fingerprint density at radius 2 is 2.00 bits per heavy atom. The van der Waals surface area contributed by atoms with Crippen LogP contribution in [-0.2, 0) is 0 Å². The molecule has 1 aliphatic rings. The Labute approximate surface area is 133 Å². The molecule has 2 rings (SSSR count). The first-order chi connectivity index (χ1) is 10.3. The smallest absolute Gasteiger partial charge is 0.343 e. The van der Waals surface area contributed by atoms with E-state index in [9.17, 15) is 13.2 Å². The van der Waals surface area contributed by atoms with E-state index < -0.39 is 11.7 Å². The summed E-state index contributed by atoms with van der Waals surface area (Å²) in [5.74, 6) is 0. The van der Waals surface area contributed by atoms with E-state index in [0.29, 0.717) is 0 Å². The van der Waals surface area contributed by atoms with E-state index in [1.54, 1.807) is 0 Å². The number of anilines is 1. The average molecular weight is 325 g/mol. The lowest BCUT2D eigenvalue weighted by Crippen LogP contribution is -2.25. The van der Waals surface area contributed by atoms with Crippen LogP contribution in [0.15, 0.2) is 64.1 Å². The number of nitrogens with zero attached hydrogens (tertiary/aromatic N) is 1. The Bertz CT molecular complexity index is 629. The van der Waals surface area contributed by atoms with E-state index in [2.05, 4.69) is 18.4 Å². The Morgan fingerprint density at radius 3 is 2.64 bits per heavy atom. The molecule has 0 radical (unpaired) electrons. The molecular weight excluding hydrogens is 307 g/mol. The summed E-state index contributed by atoms with van der Waals surface area (Å²) in [6.45, 7) is 7.93. The van der Waals surface area contributed by atoms with Gasteiger partial charge in [-0.3, -0.25) is 0 Å². The van der Waals surface area contributed by atoms with Gasteiger partial charge in [-0.25, -0.2) is 0 Å². The van der Waals surface area contributed by atoms with E-state index in [4.69, 9.17) is 0 Å². The lowest BCUT2D eigenvalue weighted by molar-refractivity contribution is -0.0878. The minimum absolute atomic E-state index is 0.817. The van der Waals surface area contributed by atoms with E-state index in [1.165, 1.54) is 17.8 Å². The van der Waals surface area contributed by atoms with Gasteiger partial charge in [-0.2, -0.15) is 13.2 Å². The van der Waals surface area contributed by atoms with Crippen LogP contribution < -0.4 is 4.90 Å². The third-order valence-corrected chi connectivity index (χ3v) is 4.60. The van der Waals surface area contributed by atoms with E-state index in [0.717, 1.165) is 40.2 Å². The summed E-state index contributed by atoms with van der Waals surface area (Å²) < 4.78 is 37.7. The fourth-order valence-corrected chi connectivity index (χ4v) is 3.27. The largest absolute Gasteiger partial charge is 0.415 e. The predicted molar refractivity (Wildman–Crippen MR) is 87.0 cm³/mol. The molecule has 0 amide bonds. The van der Waals surface area contributed by atoms with Gasteiger partial charge in [0.1, 0.15) is 0 Å². The van der Waals surface area contributed by atoms with E-state index >= 15 is 0 Å². The molecule has 0 unspecified atom stereocenters. The van der Waals surface area contributed by atoms with Crippen molar-refractivity contribution in [3.63, 3.8) is 0 Å². The van der Waals surface area contributed by atoms with Crippen molar-refractivity contribution in [3.8, 4) is 0 Å². The second-order valence-corrected chi connectivity index (χ2v) is 6.11. The Hall–Kier alpha value is -1.62. The molecule has 22 heavy (non-hydrogen) atoms. The molecule has 1 aliphatic heterocycles. The van der Waals surface area contributed by atoms with Gasteiger partial charge in [-0.15, -0.1) is 0 Å². The zero-order chi connectivity index (χ0) is 16.3. The highest BCUT2D eigenvalue weighted by Crippen LogP contribution is 2.43. The van der Waals surface area contributed by atoms with Crippen LogP contribution >= 0.6 is 11.8 Å². The number of hydrogen-bond donors (Lipinski definition) is 0. The zero-order valence-electron chi connectivity index (χ0n) is 12.6. The Kier molecular flexibility index (Phi) is 5.06. The maximum atomic E-state index is 12.6. The number of halogens is 3. The summed E-state index contributed by atoms with van der Waals surface area (Å²) in [6, 6.07) is 7.94. The number of alkyl halides is 3. The van der Waals surface area contributed by atoms with Crippen LogP contribution in [0.5, 0.6) is 0 Å². The molecule has 0 bridgehead atoms. The molecule has 5 heteroatoms. The molecule has 0 fully saturated rings.